The van der Waals surface area contributed by atoms with E-state index in [2.05, 4.69) is 6.92 Å². The number of nitrogens with two attached hydrogens (primary N) is 1. The first-order valence-electron chi connectivity index (χ1n) is 7.06. The van der Waals surface area contributed by atoms with E-state index in [0.29, 0.717) is 21.3 Å². The Hall–Kier alpha value is -0.930. The molecule has 1 amide bonds. The van der Waals surface area contributed by atoms with Crippen LogP contribution >= 0.6 is 23.2 Å². The van der Waals surface area contributed by atoms with E-state index in [-0.39, 0.29) is 5.91 Å². The lowest BCUT2D eigenvalue weighted by Crippen LogP contribution is -2.32. The quantitative estimate of drug-likeness (QED) is 0.830. The minimum Gasteiger partial charge on any atom is -0.396 e. The number of carbonyl (C=O) groups is 1. The highest BCUT2D eigenvalue weighted by Gasteiger charge is 2.22. The fourth-order valence-corrected chi connectivity index (χ4v) is 3.15. The van der Waals surface area contributed by atoms with Crippen molar-refractivity contribution in [3.63, 3.8) is 0 Å². The molecule has 5 heteroatoms. The zero-order chi connectivity index (χ0) is 14.7. The van der Waals surface area contributed by atoms with Gasteiger partial charge in [-0.05, 0) is 37.3 Å². The average molecular weight is 315 g/mol. The molecule has 110 valence electrons. The minimum atomic E-state index is -0.00875. The van der Waals surface area contributed by atoms with Gasteiger partial charge in [0.15, 0.2) is 0 Å². The molecule has 1 aromatic carbocycles. The highest BCUT2D eigenvalue weighted by molar-refractivity contribution is 6.39. The van der Waals surface area contributed by atoms with Crippen molar-refractivity contribution in [2.75, 3.05) is 18.8 Å². The first-order valence-corrected chi connectivity index (χ1v) is 7.82. The summed E-state index contributed by atoms with van der Waals surface area (Å²) >= 11 is 12.0. The molecule has 0 aliphatic carbocycles. The van der Waals surface area contributed by atoms with Crippen molar-refractivity contribution >= 4 is 34.8 Å². The molecule has 20 heavy (non-hydrogen) atoms. The Bertz CT molecular complexity index is 482. The Labute approximate surface area is 130 Å². The first kappa shape index (κ1) is 15.5. The molecule has 0 saturated carbocycles. The summed E-state index contributed by atoms with van der Waals surface area (Å²) in [4.78, 5) is 14.4. The average Bonchev–Trinajstić information content (AvgIpc) is 2.68. The molecule has 0 bridgehead atoms. The van der Waals surface area contributed by atoms with Crippen LogP contribution in [0.3, 0.4) is 0 Å². The van der Waals surface area contributed by atoms with Crippen molar-refractivity contribution in [1.29, 1.82) is 0 Å². The van der Waals surface area contributed by atoms with Gasteiger partial charge in [0.25, 0.3) is 5.91 Å². The normalized spacial score (nSPS) is 19.8. The molecule has 1 heterocycles. The summed E-state index contributed by atoms with van der Waals surface area (Å²) in [5.74, 6) is 0.719. The maximum Gasteiger partial charge on any atom is 0.253 e. The minimum absolute atomic E-state index is 0.00875. The van der Waals surface area contributed by atoms with Gasteiger partial charge in [-0.15, -0.1) is 0 Å². The predicted octanol–water partition coefficient (Wildman–Crippen LogP) is 4.23. The Balaban J connectivity index is 2.15. The molecular weight excluding hydrogens is 295 g/mol. The van der Waals surface area contributed by atoms with E-state index in [9.17, 15) is 4.79 Å². The van der Waals surface area contributed by atoms with E-state index in [1.165, 1.54) is 12.8 Å². The Morgan fingerprint density at radius 1 is 1.30 bits per heavy atom. The number of nitrogen functional groups attached to an aromatic ring is 1. The second kappa shape index (κ2) is 6.68. The van der Waals surface area contributed by atoms with Crippen molar-refractivity contribution in [3.8, 4) is 0 Å². The third kappa shape index (κ3) is 3.39. The fourth-order valence-electron chi connectivity index (χ4n) is 2.67. The van der Waals surface area contributed by atoms with Crippen LogP contribution in [-0.4, -0.2) is 23.9 Å². The number of hydrogen-bond donors (Lipinski definition) is 1. The van der Waals surface area contributed by atoms with Gasteiger partial charge in [0.2, 0.25) is 0 Å². The summed E-state index contributed by atoms with van der Waals surface area (Å²) in [6.07, 6.45) is 4.50. The lowest BCUT2D eigenvalue weighted by Gasteiger charge is -2.21. The molecular formula is C15H20Cl2N2O. The van der Waals surface area contributed by atoms with Gasteiger partial charge in [-0.25, -0.2) is 0 Å². The van der Waals surface area contributed by atoms with Gasteiger partial charge in [0.05, 0.1) is 15.7 Å². The third-order valence-corrected chi connectivity index (χ3v) is 4.66. The van der Waals surface area contributed by atoms with Crippen molar-refractivity contribution in [2.45, 2.75) is 32.6 Å². The number of amides is 1. The van der Waals surface area contributed by atoms with Crippen molar-refractivity contribution in [1.82, 2.24) is 4.90 Å². The van der Waals surface area contributed by atoms with Crippen LogP contribution in [-0.2, 0) is 0 Å². The number of hydrogen-bond acceptors (Lipinski definition) is 2. The predicted molar refractivity (Wildman–Crippen MR) is 84.4 cm³/mol. The summed E-state index contributed by atoms with van der Waals surface area (Å²) in [5, 5.41) is 0.671. The van der Waals surface area contributed by atoms with Gasteiger partial charge < -0.3 is 10.6 Å². The summed E-state index contributed by atoms with van der Waals surface area (Å²) < 4.78 is 0. The van der Waals surface area contributed by atoms with Crippen LogP contribution in [0.25, 0.3) is 0 Å². The van der Waals surface area contributed by atoms with Gasteiger partial charge in [-0.3, -0.25) is 4.79 Å². The molecule has 0 radical (unpaired) electrons. The third-order valence-electron chi connectivity index (χ3n) is 4.04. The van der Waals surface area contributed by atoms with E-state index >= 15 is 0 Å². The van der Waals surface area contributed by atoms with E-state index in [4.69, 9.17) is 28.9 Å². The van der Waals surface area contributed by atoms with Crippen LogP contribution in [0.4, 0.5) is 5.69 Å². The van der Waals surface area contributed by atoms with Crippen LogP contribution in [0.2, 0.25) is 10.0 Å². The number of anilines is 1. The van der Waals surface area contributed by atoms with E-state index < -0.39 is 0 Å². The number of likely N-dealkylation sites (tertiary alicyclic amines) is 1. The second-order valence-corrected chi connectivity index (χ2v) is 6.17. The van der Waals surface area contributed by atoms with Crippen LogP contribution in [0.1, 0.15) is 43.0 Å². The molecule has 1 aliphatic heterocycles. The number of carbonyl (C=O) groups excluding carboxylic acids is 1. The smallest absolute Gasteiger partial charge is 0.253 e. The fraction of sp³-hybridized carbons (Fsp3) is 0.533. The monoisotopic (exact) mass is 314 g/mol. The van der Waals surface area contributed by atoms with Crippen LogP contribution in [0, 0.1) is 5.92 Å². The molecule has 1 aliphatic rings. The van der Waals surface area contributed by atoms with E-state index in [1.54, 1.807) is 12.1 Å². The van der Waals surface area contributed by atoms with Gasteiger partial charge in [0, 0.05) is 18.7 Å². The number of benzene rings is 1. The maximum absolute atomic E-state index is 12.5. The Morgan fingerprint density at radius 2 is 1.95 bits per heavy atom. The van der Waals surface area contributed by atoms with Gasteiger partial charge in [-0.1, -0.05) is 36.5 Å². The van der Waals surface area contributed by atoms with Crippen LogP contribution < -0.4 is 5.73 Å². The molecule has 1 atom stereocenters. The molecule has 2 rings (SSSR count). The molecule has 0 spiro atoms. The number of nitrogens with zero attached hydrogens (tertiary/aromatic N) is 1. The first-order chi connectivity index (χ1) is 9.52. The van der Waals surface area contributed by atoms with Gasteiger partial charge >= 0.3 is 0 Å². The van der Waals surface area contributed by atoms with Crippen LogP contribution in [0.5, 0.6) is 0 Å². The summed E-state index contributed by atoms with van der Waals surface area (Å²) in [6, 6.07) is 3.21. The van der Waals surface area contributed by atoms with Crippen molar-refractivity contribution in [3.05, 3.63) is 27.7 Å². The highest BCUT2D eigenvalue weighted by Crippen LogP contribution is 2.30. The van der Waals surface area contributed by atoms with E-state index in [1.807, 2.05) is 4.90 Å². The van der Waals surface area contributed by atoms with Gasteiger partial charge in [0.1, 0.15) is 0 Å². The van der Waals surface area contributed by atoms with Crippen molar-refractivity contribution < 1.29 is 4.79 Å². The molecule has 3 nitrogen and oxygen atoms in total. The zero-order valence-electron chi connectivity index (χ0n) is 11.7. The van der Waals surface area contributed by atoms with Gasteiger partial charge in [-0.2, -0.15) is 0 Å². The topological polar surface area (TPSA) is 46.3 Å². The highest BCUT2D eigenvalue weighted by atomic mass is 35.5. The lowest BCUT2D eigenvalue weighted by molar-refractivity contribution is 0.0760. The second-order valence-electron chi connectivity index (χ2n) is 5.35. The molecule has 1 fully saturated rings. The Kier molecular flexibility index (Phi) is 5.17. The largest absolute Gasteiger partial charge is 0.396 e. The summed E-state index contributed by atoms with van der Waals surface area (Å²) in [7, 11) is 0. The van der Waals surface area contributed by atoms with Crippen molar-refractivity contribution in [2.24, 2.45) is 5.92 Å². The van der Waals surface area contributed by atoms with Crippen LogP contribution in [0.15, 0.2) is 12.1 Å². The molecule has 2 N–H and O–H groups in total. The molecule has 0 aromatic heterocycles. The zero-order valence-corrected chi connectivity index (χ0v) is 13.2. The SMILES string of the molecule is CCC1CCCN(C(=O)c2cc(Cl)c(N)c(Cl)c2)CC1. The standard InChI is InChI=1S/C15H20Cl2N2O/c1-2-10-4-3-6-19(7-5-10)15(20)11-8-12(16)14(18)13(17)9-11/h8-10H,2-7,18H2,1H3. The maximum atomic E-state index is 12.5. The van der Waals surface area contributed by atoms with E-state index in [0.717, 1.165) is 31.8 Å². The summed E-state index contributed by atoms with van der Waals surface area (Å²) in [6.45, 7) is 3.81. The number of halogens is 2. The molecule has 1 saturated heterocycles. The summed E-state index contributed by atoms with van der Waals surface area (Å²) in [5.41, 5.74) is 6.55. The Morgan fingerprint density at radius 3 is 2.55 bits per heavy atom. The molecule has 1 aromatic rings. The molecule has 1 unspecified atom stereocenters. The lowest BCUT2D eigenvalue weighted by atomic mass is 9.98. The number of rotatable bonds is 2.